The molecule has 0 spiro atoms. The standard InChI is InChI=1S/C18H31N3O/c1-4-20(5-2)15-17(21-13-11-19-12-14-21)16-9-7-8-10-18(16)22-6-3/h7-10,17,19H,4-6,11-15H2,1-3H3. The van der Waals surface area contributed by atoms with Gasteiger partial charge in [0.05, 0.1) is 12.6 Å². The summed E-state index contributed by atoms with van der Waals surface area (Å²) >= 11 is 0. The Morgan fingerprint density at radius 3 is 2.45 bits per heavy atom. The summed E-state index contributed by atoms with van der Waals surface area (Å²) in [5, 5.41) is 3.46. The van der Waals surface area contributed by atoms with E-state index in [1.165, 1.54) is 5.56 Å². The van der Waals surface area contributed by atoms with Gasteiger partial charge in [0.1, 0.15) is 5.75 Å². The quantitative estimate of drug-likeness (QED) is 0.798. The number of nitrogens with zero attached hydrogens (tertiary/aromatic N) is 2. The Bertz CT molecular complexity index is 428. The summed E-state index contributed by atoms with van der Waals surface area (Å²) in [5.74, 6) is 1.04. The number of rotatable bonds is 8. The third-order valence-corrected chi connectivity index (χ3v) is 4.50. The van der Waals surface area contributed by atoms with Gasteiger partial charge >= 0.3 is 0 Å². The molecule has 1 N–H and O–H groups in total. The Morgan fingerprint density at radius 1 is 1.14 bits per heavy atom. The van der Waals surface area contributed by atoms with Gasteiger partial charge in [-0.05, 0) is 26.1 Å². The number of para-hydroxylation sites is 1. The zero-order valence-corrected chi connectivity index (χ0v) is 14.3. The SMILES string of the molecule is CCOc1ccccc1C(CN(CC)CC)N1CCNCC1. The lowest BCUT2D eigenvalue weighted by Crippen LogP contribution is -2.48. The Labute approximate surface area is 135 Å². The molecule has 1 aromatic rings. The number of benzene rings is 1. The van der Waals surface area contributed by atoms with Crippen molar-refractivity contribution in [1.29, 1.82) is 0 Å². The van der Waals surface area contributed by atoms with Gasteiger partial charge in [-0.15, -0.1) is 0 Å². The Morgan fingerprint density at radius 2 is 1.82 bits per heavy atom. The van der Waals surface area contributed by atoms with E-state index in [9.17, 15) is 0 Å². The zero-order valence-electron chi connectivity index (χ0n) is 14.3. The highest BCUT2D eigenvalue weighted by molar-refractivity contribution is 5.36. The van der Waals surface area contributed by atoms with E-state index in [2.05, 4.69) is 60.2 Å². The van der Waals surface area contributed by atoms with Crippen LogP contribution in [0.3, 0.4) is 0 Å². The minimum absolute atomic E-state index is 0.407. The highest BCUT2D eigenvalue weighted by Crippen LogP contribution is 2.30. The van der Waals surface area contributed by atoms with Gasteiger partial charge in [-0.2, -0.15) is 0 Å². The van der Waals surface area contributed by atoms with Crippen LogP contribution in [0.1, 0.15) is 32.4 Å². The maximum absolute atomic E-state index is 5.90. The van der Waals surface area contributed by atoms with E-state index >= 15 is 0 Å². The first-order valence-electron chi connectivity index (χ1n) is 8.68. The fourth-order valence-corrected chi connectivity index (χ4v) is 3.17. The molecule has 0 aromatic heterocycles. The van der Waals surface area contributed by atoms with Crippen LogP contribution in [0.5, 0.6) is 5.75 Å². The lowest BCUT2D eigenvalue weighted by molar-refractivity contribution is 0.126. The molecule has 0 bridgehead atoms. The van der Waals surface area contributed by atoms with Crippen molar-refractivity contribution >= 4 is 0 Å². The predicted octanol–water partition coefficient (Wildman–Crippen LogP) is 2.37. The molecule has 4 nitrogen and oxygen atoms in total. The second kappa shape index (κ2) is 9.13. The van der Waals surface area contributed by atoms with E-state index < -0.39 is 0 Å². The van der Waals surface area contributed by atoms with Crippen molar-refractivity contribution < 1.29 is 4.74 Å². The molecule has 22 heavy (non-hydrogen) atoms. The molecule has 0 aliphatic carbocycles. The van der Waals surface area contributed by atoms with Crippen LogP contribution in [0.25, 0.3) is 0 Å². The molecular weight excluding hydrogens is 274 g/mol. The van der Waals surface area contributed by atoms with Gasteiger partial charge in [-0.25, -0.2) is 0 Å². The van der Waals surface area contributed by atoms with Gasteiger partial charge in [0.2, 0.25) is 0 Å². The van der Waals surface area contributed by atoms with E-state index in [0.717, 1.165) is 58.2 Å². The summed E-state index contributed by atoms with van der Waals surface area (Å²) < 4.78 is 5.90. The minimum Gasteiger partial charge on any atom is -0.494 e. The number of nitrogens with one attached hydrogen (secondary N) is 1. The second-order valence-electron chi connectivity index (χ2n) is 5.76. The monoisotopic (exact) mass is 305 g/mol. The van der Waals surface area contributed by atoms with Crippen LogP contribution in [-0.4, -0.2) is 62.2 Å². The summed E-state index contributed by atoms with van der Waals surface area (Å²) in [4.78, 5) is 5.11. The predicted molar refractivity (Wildman–Crippen MR) is 92.6 cm³/mol. The van der Waals surface area contributed by atoms with Crippen molar-refractivity contribution in [2.24, 2.45) is 0 Å². The van der Waals surface area contributed by atoms with Gasteiger partial charge in [0.25, 0.3) is 0 Å². The maximum atomic E-state index is 5.90. The molecule has 1 aliphatic rings. The summed E-state index contributed by atoms with van der Waals surface area (Å²) in [6.07, 6.45) is 0. The fourth-order valence-electron chi connectivity index (χ4n) is 3.17. The number of ether oxygens (including phenoxy) is 1. The Hall–Kier alpha value is -1.10. The van der Waals surface area contributed by atoms with Crippen molar-refractivity contribution in [2.45, 2.75) is 26.8 Å². The van der Waals surface area contributed by atoms with Crippen LogP contribution in [0.2, 0.25) is 0 Å². The maximum Gasteiger partial charge on any atom is 0.124 e. The number of hydrogen-bond acceptors (Lipinski definition) is 4. The molecule has 0 radical (unpaired) electrons. The topological polar surface area (TPSA) is 27.7 Å². The van der Waals surface area contributed by atoms with Crippen LogP contribution in [0.15, 0.2) is 24.3 Å². The molecule has 4 heteroatoms. The molecule has 1 unspecified atom stereocenters. The highest BCUT2D eigenvalue weighted by Gasteiger charge is 2.26. The van der Waals surface area contributed by atoms with Crippen LogP contribution >= 0.6 is 0 Å². The molecule has 1 saturated heterocycles. The summed E-state index contributed by atoms with van der Waals surface area (Å²) in [7, 11) is 0. The number of likely N-dealkylation sites (N-methyl/N-ethyl adjacent to an activating group) is 1. The van der Waals surface area contributed by atoms with Gasteiger partial charge in [0.15, 0.2) is 0 Å². The molecule has 1 atom stereocenters. The van der Waals surface area contributed by atoms with Crippen LogP contribution in [0.4, 0.5) is 0 Å². The molecule has 0 saturated carbocycles. The van der Waals surface area contributed by atoms with Crippen LogP contribution in [-0.2, 0) is 0 Å². The van der Waals surface area contributed by atoms with E-state index in [0.29, 0.717) is 6.04 Å². The third-order valence-electron chi connectivity index (χ3n) is 4.50. The average molecular weight is 305 g/mol. The van der Waals surface area contributed by atoms with E-state index in [1.54, 1.807) is 0 Å². The highest BCUT2D eigenvalue weighted by atomic mass is 16.5. The van der Waals surface area contributed by atoms with Crippen molar-refractivity contribution in [3.63, 3.8) is 0 Å². The molecular formula is C18H31N3O. The average Bonchev–Trinajstić information content (AvgIpc) is 2.58. The van der Waals surface area contributed by atoms with Crippen LogP contribution < -0.4 is 10.1 Å². The van der Waals surface area contributed by atoms with Crippen molar-refractivity contribution in [2.75, 3.05) is 52.4 Å². The van der Waals surface area contributed by atoms with E-state index in [4.69, 9.17) is 4.74 Å². The smallest absolute Gasteiger partial charge is 0.124 e. The van der Waals surface area contributed by atoms with Gasteiger partial charge in [0, 0.05) is 38.3 Å². The molecule has 1 fully saturated rings. The van der Waals surface area contributed by atoms with E-state index in [1.807, 2.05) is 0 Å². The van der Waals surface area contributed by atoms with Crippen LogP contribution in [0, 0.1) is 0 Å². The molecule has 2 rings (SSSR count). The molecule has 124 valence electrons. The summed E-state index contributed by atoms with van der Waals surface area (Å²) in [6.45, 7) is 14.9. The fraction of sp³-hybridized carbons (Fsp3) is 0.667. The second-order valence-corrected chi connectivity index (χ2v) is 5.76. The zero-order chi connectivity index (χ0) is 15.8. The Kier molecular flexibility index (Phi) is 7.16. The van der Waals surface area contributed by atoms with E-state index in [-0.39, 0.29) is 0 Å². The van der Waals surface area contributed by atoms with Crippen molar-refractivity contribution in [1.82, 2.24) is 15.1 Å². The minimum atomic E-state index is 0.407. The number of piperazine rings is 1. The Balaban J connectivity index is 2.26. The first kappa shape index (κ1) is 17.3. The van der Waals surface area contributed by atoms with Gasteiger partial charge in [-0.1, -0.05) is 32.0 Å². The summed E-state index contributed by atoms with van der Waals surface area (Å²) in [5.41, 5.74) is 1.33. The third kappa shape index (κ3) is 4.45. The molecule has 1 aromatic carbocycles. The lowest BCUT2D eigenvalue weighted by Gasteiger charge is -2.38. The number of hydrogen-bond donors (Lipinski definition) is 1. The molecule has 1 aliphatic heterocycles. The first-order valence-corrected chi connectivity index (χ1v) is 8.68. The van der Waals surface area contributed by atoms with Gasteiger partial charge < -0.3 is 15.0 Å². The molecule has 0 amide bonds. The lowest BCUT2D eigenvalue weighted by atomic mass is 10.0. The molecule has 1 heterocycles. The van der Waals surface area contributed by atoms with Gasteiger partial charge in [-0.3, -0.25) is 4.90 Å². The van der Waals surface area contributed by atoms with Crippen molar-refractivity contribution in [3.05, 3.63) is 29.8 Å². The van der Waals surface area contributed by atoms with Crippen molar-refractivity contribution in [3.8, 4) is 5.75 Å². The normalized spacial score (nSPS) is 17.6. The summed E-state index contributed by atoms with van der Waals surface area (Å²) in [6, 6.07) is 8.96. The first-order chi connectivity index (χ1) is 10.8. The largest absolute Gasteiger partial charge is 0.494 e.